The first-order valence-electron chi connectivity index (χ1n) is 7.56. The molecule has 0 aliphatic rings. The van der Waals surface area contributed by atoms with Crippen molar-refractivity contribution in [2.45, 2.75) is 26.4 Å². The molecule has 1 aromatic carbocycles. The van der Waals surface area contributed by atoms with Crippen LogP contribution in [0.25, 0.3) is 0 Å². The van der Waals surface area contributed by atoms with Gasteiger partial charge in [-0.1, -0.05) is 23.9 Å². The fourth-order valence-electron chi connectivity index (χ4n) is 2.27. The van der Waals surface area contributed by atoms with E-state index in [0.29, 0.717) is 13.2 Å². The van der Waals surface area contributed by atoms with E-state index < -0.39 is 0 Å². The predicted octanol–water partition coefficient (Wildman–Crippen LogP) is 3.83. The van der Waals surface area contributed by atoms with Gasteiger partial charge < -0.3 is 14.0 Å². The van der Waals surface area contributed by atoms with E-state index in [2.05, 4.69) is 23.6 Å². The summed E-state index contributed by atoms with van der Waals surface area (Å²) >= 11 is 0. The summed E-state index contributed by atoms with van der Waals surface area (Å²) in [6, 6.07) is 7.93. The van der Waals surface area contributed by atoms with Crippen molar-refractivity contribution in [3.8, 4) is 11.5 Å². The largest absolute Gasteiger partial charge is 0.493 e. The van der Waals surface area contributed by atoms with Gasteiger partial charge in [-0.2, -0.15) is 0 Å². The third kappa shape index (κ3) is 4.36. The van der Waals surface area contributed by atoms with Gasteiger partial charge in [0.1, 0.15) is 18.6 Å². The SMILES string of the molecule is C=C(C)COc1c(CN(C)[C@H](C)c2ccon2)cccc1OC. The molecule has 0 spiro atoms. The van der Waals surface area contributed by atoms with Crippen LogP contribution in [0.1, 0.15) is 31.1 Å². The molecule has 0 N–H and O–H groups in total. The van der Waals surface area contributed by atoms with Gasteiger partial charge in [0.05, 0.1) is 13.2 Å². The highest BCUT2D eigenvalue weighted by molar-refractivity contribution is 5.46. The molecule has 2 rings (SSSR count). The highest BCUT2D eigenvalue weighted by atomic mass is 16.5. The van der Waals surface area contributed by atoms with Crippen molar-refractivity contribution in [1.82, 2.24) is 10.1 Å². The topological polar surface area (TPSA) is 47.7 Å². The van der Waals surface area contributed by atoms with Gasteiger partial charge in [0.2, 0.25) is 0 Å². The highest BCUT2D eigenvalue weighted by Crippen LogP contribution is 2.33. The third-order valence-corrected chi connectivity index (χ3v) is 3.71. The molecular formula is C18H24N2O3. The average Bonchev–Trinajstić information content (AvgIpc) is 3.06. The van der Waals surface area contributed by atoms with Crippen LogP contribution in [0.5, 0.6) is 11.5 Å². The Balaban J connectivity index is 2.19. The molecule has 1 heterocycles. The second-order valence-electron chi connectivity index (χ2n) is 5.71. The van der Waals surface area contributed by atoms with E-state index >= 15 is 0 Å². The summed E-state index contributed by atoms with van der Waals surface area (Å²) in [5.41, 5.74) is 2.93. The maximum Gasteiger partial charge on any atom is 0.166 e. The average molecular weight is 316 g/mol. The van der Waals surface area contributed by atoms with Gasteiger partial charge in [-0.3, -0.25) is 4.90 Å². The van der Waals surface area contributed by atoms with E-state index in [4.69, 9.17) is 14.0 Å². The monoisotopic (exact) mass is 316 g/mol. The fourth-order valence-corrected chi connectivity index (χ4v) is 2.27. The number of hydrogen-bond acceptors (Lipinski definition) is 5. The molecule has 0 radical (unpaired) electrons. The van der Waals surface area contributed by atoms with Crippen LogP contribution in [-0.2, 0) is 6.54 Å². The van der Waals surface area contributed by atoms with Gasteiger partial charge >= 0.3 is 0 Å². The van der Waals surface area contributed by atoms with Gasteiger partial charge in [-0.05, 0) is 32.5 Å². The molecule has 5 nitrogen and oxygen atoms in total. The fraction of sp³-hybridized carbons (Fsp3) is 0.389. The summed E-state index contributed by atoms with van der Waals surface area (Å²) < 4.78 is 16.3. The molecule has 0 aliphatic carbocycles. The number of aromatic nitrogens is 1. The Morgan fingerprint density at radius 3 is 2.78 bits per heavy atom. The lowest BCUT2D eigenvalue weighted by atomic mass is 10.1. The maximum atomic E-state index is 5.91. The van der Waals surface area contributed by atoms with Crippen LogP contribution >= 0.6 is 0 Å². The number of para-hydroxylation sites is 1. The van der Waals surface area contributed by atoms with Crippen molar-refractivity contribution in [2.75, 3.05) is 20.8 Å². The smallest absolute Gasteiger partial charge is 0.166 e. The van der Waals surface area contributed by atoms with Crippen molar-refractivity contribution in [3.05, 3.63) is 53.9 Å². The van der Waals surface area contributed by atoms with Crippen LogP contribution in [-0.4, -0.2) is 30.8 Å². The maximum absolute atomic E-state index is 5.91. The second-order valence-corrected chi connectivity index (χ2v) is 5.71. The molecule has 0 fully saturated rings. The Morgan fingerprint density at radius 1 is 1.39 bits per heavy atom. The predicted molar refractivity (Wildman–Crippen MR) is 89.7 cm³/mol. The van der Waals surface area contributed by atoms with E-state index in [1.165, 1.54) is 0 Å². The molecule has 0 aliphatic heterocycles. The van der Waals surface area contributed by atoms with Crippen LogP contribution < -0.4 is 9.47 Å². The van der Waals surface area contributed by atoms with Crippen LogP contribution in [0, 0.1) is 0 Å². The van der Waals surface area contributed by atoms with E-state index in [0.717, 1.165) is 28.3 Å². The second kappa shape index (κ2) is 7.83. The Morgan fingerprint density at radius 2 is 2.17 bits per heavy atom. The number of rotatable bonds is 8. The van der Waals surface area contributed by atoms with Crippen molar-refractivity contribution in [3.63, 3.8) is 0 Å². The number of hydrogen-bond donors (Lipinski definition) is 0. The Hall–Kier alpha value is -2.27. The lowest BCUT2D eigenvalue weighted by Gasteiger charge is -2.24. The van der Waals surface area contributed by atoms with Gasteiger partial charge in [0.25, 0.3) is 0 Å². The number of ether oxygens (including phenoxy) is 2. The van der Waals surface area contributed by atoms with Gasteiger partial charge in [-0.15, -0.1) is 0 Å². The first-order valence-corrected chi connectivity index (χ1v) is 7.56. The van der Waals surface area contributed by atoms with Crippen molar-refractivity contribution in [2.24, 2.45) is 0 Å². The first-order chi connectivity index (χ1) is 11.0. The van der Waals surface area contributed by atoms with E-state index in [9.17, 15) is 0 Å². The highest BCUT2D eigenvalue weighted by Gasteiger charge is 2.18. The summed E-state index contributed by atoms with van der Waals surface area (Å²) in [6.07, 6.45) is 1.59. The standard InChI is InChI=1S/C18H24N2O3/c1-13(2)12-22-18-15(7-6-8-17(18)21-5)11-20(4)14(3)16-9-10-23-19-16/h6-10,14H,1,11-12H2,2-5H3/t14-/m1/s1. The minimum atomic E-state index is 0.133. The van der Waals surface area contributed by atoms with E-state index in [-0.39, 0.29) is 6.04 Å². The Labute approximate surface area is 137 Å². The lowest BCUT2D eigenvalue weighted by molar-refractivity contribution is 0.234. The van der Waals surface area contributed by atoms with Crippen LogP contribution in [0.3, 0.4) is 0 Å². The zero-order valence-electron chi connectivity index (χ0n) is 14.2. The van der Waals surface area contributed by atoms with Crippen molar-refractivity contribution in [1.29, 1.82) is 0 Å². The zero-order chi connectivity index (χ0) is 16.8. The molecule has 0 saturated carbocycles. The minimum Gasteiger partial charge on any atom is -0.493 e. The minimum absolute atomic E-state index is 0.133. The van der Waals surface area contributed by atoms with Crippen LogP contribution in [0.2, 0.25) is 0 Å². The van der Waals surface area contributed by atoms with Gasteiger partial charge in [0.15, 0.2) is 11.5 Å². The molecule has 0 bridgehead atoms. The molecule has 0 unspecified atom stereocenters. The normalized spacial score (nSPS) is 12.2. The third-order valence-electron chi connectivity index (χ3n) is 3.71. The Kier molecular flexibility index (Phi) is 5.82. The summed E-state index contributed by atoms with van der Waals surface area (Å²) in [7, 11) is 3.69. The van der Waals surface area contributed by atoms with Gasteiger partial charge in [-0.25, -0.2) is 0 Å². The van der Waals surface area contributed by atoms with E-state index in [1.807, 2.05) is 38.2 Å². The quantitative estimate of drug-likeness (QED) is 0.693. The molecule has 0 amide bonds. The summed E-state index contributed by atoms with van der Waals surface area (Å²) in [5.74, 6) is 1.49. The summed E-state index contributed by atoms with van der Waals surface area (Å²) in [6.45, 7) is 9.08. The Bertz CT molecular complexity index is 638. The molecule has 23 heavy (non-hydrogen) atoms. The molecule has 0 saturated heterocycles. The van der Waals surface area contributed by atoms with Gasteiger partial charge in [0, 0.05) is 18.2 Å². The first kappa shape index (κ1) is 17.1. The molecule has 124 valence electrons. The summed E-state index contributed by atoms with van der Waals surface area (Å²) in [4.78, 5) is 2.18. The molecule has 1 aromatic heterocycles. The lowest BCUT2D eigenvalue weighted by Crippen LogP contribution is -2.22. The molecule has 1 atom stereocenters. The molecule has 2 aromatic rings. The molecular weight excluding hydrogens is 292 g/mol. The van der Waals surface area contributed by atoms with Crippen LogP contribution in [0.15, 0.2) is 47.2 Å². The zero-order valence-corrected chi connectivity index (χ0v) is 14.2. The number of benzene rings is 1. The van der Waals surface area contributed by atoms with Crippen LogP contribution in [0.4, 0.5) is 0 Å². The number of methoxy groups -OCH3 is 1. The van der Waals surface area contributed by atoms with Crippen molar-refractivity contribution >= 4 is 0 Å². The number of nitrogens with zero attached hydrogens (tertiary/aromatic N) is 2. The van der Waals surface area contributed by atoms with E-state index in [1.54, 1.807) is 13.4 Å². The molecule has 5 heteroatoms. The van der Waals surface area contributed by atoms with Crippen molar-refractivity contribution < 1.29 is 14.0 Å². The summed E-state index contributed by atoms with van der Waals surface area (Å²) in [5, 5.41) is 4.01.